The number of carbonyl (C=O) groups excluding carboxylic acids is 1. The number of ketones is 1. The van der Waals surface area contributed by atoms with Crippen LogP contribution in [0.2, 0.25) is 0 Å². The zero-order valence-electron chi connectivity index (χ0n) is 17.7. The maximum absolute atomic E-state index is 12.5. The maximum Gasteiger partial charge on any atom is 0.195 e. The third-order valence-corrected chi connectivity index (χ3v) is 6.01. The molecule has 0 fully saturated rings. The van der Waals surface area contributed by atoms with Gasteiger partial charge in [0.15, 0.2) is 11.2 Å². The van der Waals surface area contributed by atoms with E-state index in [1.54, 1.807) is 35.6 Å². The van der Waals surface area contributed by atoms with Gasteiger partial charge in [-0.05, 0) is 49.6 Å². The third-order valence-electron chi connectivity index (χ3n) is 4.86. The SMILES string of the molecule is CC(C)(O)C(=O)c1ccccc1.CC(C)c1ccc2sc3ccccc3c(=O)c2c1. The van der Waals surface area contributed by atoms with Gasteiger partial charge in [0, 0.05) is 25.7 Å². The van der Waals surface area contributed by atoms with Gasteiger partial charge in [0.05, 0.1) is 0 Å². The van der Waals surface area contributed by atoms with Gasteiger partial charge in [0.2, 0.25) is 0 Å². The number of fused-ring (bicyclic) bond motifs is 2. The van der Waals surface area contributed by atoms with Crippen molar-refractivity contribution in [2.75, 3.05) is 0 Å². The van der Waals surface area contributed by atoms with Crippen molar-refractivity contribution in [3.05, 3.63) is 94.1 Å². The average Bonchev–Trinajstić information content (AvgIpc) is 2.73. The molecule has 0 radical (unpaired) electrons. The number of hydrogen-bond acceptors (Lipinski definition) is 4. The number of carbonyl (C=O) groups is 1. The molecule has 1 aromatic heterocycles. The molecule has 4 heteroatoms. The lowest BCUT2D eigenvalue weighted by Gasteiger charge is -2.14. The lowest BCUT2D eigenvalue weighted by atomic mass is 9.97. The zero-order chi connectivity index (χ0) is 21.9. The van der Waals surface area contributed by atoms with Gasteiger partial charge in [-0.3, -0.25) is 9.59 Å². The fourth-order valence-electron chi connectivity index (χ4n) is 3.12. The van der Waals surface area contributed by atoms with E-state index in [-0.39, 0.29) is 11.2 Å². The summed E-state index contributed by atoms with van der Waals surface area (Å²) in [5.74, 6) is 0.202. The molecule has 0 amide bonds. The van der Waals surface area contributed by atoms with Crippen LogP contribution in [-0.2, 0) is 0 Å². The van der Waals surface area contributed by atoms with E-state index in [0.717, 1.165) is 20.2 Å². The lowest BCUT2D eigenvalue weighted by Crippen LogP contribution is -2.30. The van der Waals surface area contributed by atoms with Gasteiger partial charge < -0.3 is 5.11 Å². The quantitative estimate of drug-likeness (QED) is 0.319. The van der Waals surface area contributed by atoms with Crippen LogP contribution in [0, 0.1) is 0 Å². The van der Waals surface area contributed by atoms with Crippen molar-refractivity contribution < 1.29 is 9.90 Å². The van der Waals surface area contributed by atoms with Crippen molar-refractivity contribution in [3.63, 3.8) is 0 Å². The first-order chi connectivity index (χ1) is 14.2. The van der Waals surface area contributed by atoms with Crippen molar-refractivity contribution >= 4 is 37.3 Å². The molecule has 0 bridgehead atoms. The summed E-state index contributed by atoms with van der Waals surface area (Å²) >= 11 is 1.69. The Morgan fingerprint density at radius 2 is 1.47 bits per heavy atom. The molecule has 0 unspecified atom stereocenters. The Balaban J connectivity index is 0.000000187. The first-order valence-electron chi connectivity index (χ1n) is 9.96. The van der Waals surface area contributed by atoms with Crippen LogP contribution in [-0.4, -0.2) is 16.5 Å². The number of hydrogen-bond donors (Lipinski definition) is 1. The second kappa shape index (κ2) is 8.90. The van der Waals surface area contributed by atoms with Gasteiger partial charge in [0.1, 0.15) is 5.60 Å². The Hall–Kier alpha value is -2.82. The third kappa shape index (κ3) is 4.84. The predicted octanol–water partition coefficient (Wildman–Crippen LogP) is 6.18. The first-order valence-corrected chi connectivity index (χ1v) is 10.8. The smallest absolute Gasteiger partial charge is 0.195 e. The Bertz CT molecular complexity index is 1230. The number of aliphatic hydroxyl groups is 1. The van der Waals surface area contributed by atoms with Gasteiger partial charge >= 0.3 is 0 Å². The monoisotopic (exact) mass is 418 g/mol. The van der Waals surface area contributed by atoms with E-state index < -0.39 is 5.60 Å². The number of benzene rings is 3. The molecule has 0 saturated heterocycles. The number of Topliss-reactive ketones (excluding diaryl/α,β-unsaturated/α-hetero) is 1. The van der Waals surface area contributed by atoms with E-state index in [2.05, 4.69) is 26.0 Å². The normalized spacial score (nSPS) is 11.4. The van der Waals surface area contributed by atoms with Crippen molar-refractivity contribution in [2.45, 2.75) is 39.2 Å². The molecule has 0 aliphatic heterocycles. The van der Waals surface area contributed by atoms with E-state index in [0.29, 0.717) is 11.5 Å². The highest BCUT2D eigenvalue weighted by Crippen LogP contribution is 2.27. The fraction of sp³-hybridized carbons (Fsp3) is 0.231. The molecule has 1 N–H and O–H groups in total. The van der Waals surface area contributed by atoms with E-state index >= 15 is 0 Å². The minimum absolute atomic E-state index is 0.154. The standard InChI is InChI=1S/C16H14OS.C10H12O2/c1-10(2)11-7-8-15-13(9-11)16(17)12-5-3-4-6-14(12)18-15;1-10(2,12)9(11)8-6-4-3-5-7-8/h3-10H,1-2H3;3-7,12H,1-2H3. The van der Waals surface area contributed by atoms with Crippen molar-refractivity contribution in [1.29, 1.82) is 0 Å². The molecule has 0 atom stereocenters. The van der Waals surface area contributed by atoms with Crippen LogP contribution >= 0.6 is 11.3 Å². The molecule has 4 rings (SSSR count). The molecule has 0 spiro atoms. The highest BCUT2D eigenvalue weighted by molar-refractivity contribution is 7.24. The summed E-state index contributed by atoms with van der Waals surface area (Å²) in [5, 5.41) is 11.1. The average molecular weight is 419 g/mol. The molecule has 4 aromatic rings. The van der Waals surface area contributed by atoms with Crippen LogP contribution < -0.4 is 5.43 Å². The van der Waals surface area contributed by atoms with Crippen LogP contribution in [0.3, 0.4) is 0 Å². The van der Waals surface area contributed by atoms with Crippen LogP contribution in [0.1, 0.15) is 49.5 Å². The van der Waals surface area contributed by atoms with Gasteiger partial charge in [-0.25, -0.2) is 0 Å². The highest BCUT2D eigenvalue weighted by atomic mass is 32.1. The molecule has 3 aromatic carbocycles. The van der Waals surface area contributed by atoms with Crippen LogP contribution in [0.25, 0.3) is 20.2 Å². The summed E-state index contributed by atoms with van der Waals surface area (Å²) in [6.07, 6.45) is 0. The second-order valence-corrected chi connectivity index (χ2v) is 9.18. The van der Waals surface area contributed by atoms with E-state index in [4.69, 9.17) is 0 Å². The highest BCUT2D eigenvalue weighted by Gasteiger charge is 2.24. The fourth-order valence-corrected chi connectivity index (χ4v) is 4.17. The van der Waals surface area contributed by atoms with E-state index in [9.17, 15) is 14.7 Å². The largest absolute Gasteiger partial charge is 0.382 e. The van der Waals surface area contributed by atoms with Crippen molar-refractivity contribution in [2.24, 2.45) is 0 Å². The Kier molecular flexibility index (Phi) is 6.49. The Labute approximate surface area is 180 Å². The zero-order valence-corrected chi connectivity index (χ0v) is 18.5. The minimum atomic E-state index is -1.28. The van der Waals surface area contributed by atoms with Crippen molar-refractivity contribution in [1.82, 2.24) is 0 Å². The molecule has 0 saturated carbocycles. The maximum atomic E-state index is 12.5. The lowest BCUT2D eigenvalue weighted by molar-refractivity contribution is 0.0488. The topological polar surface area (TPSA) is 54.4 Å². The summed E-state index contributed by atoms with van der Waals surface area (Å²) in [6, 6.07) is 22.8. The van der Waals surface area contributed by atoms with Gasteiger partial charge in [-0.2, -0.15) is 0 Å². The Morgan fingerprint density at radius 3 is 2.10 bits per heavy atom. The van der Waals surface area contributed by atoms with Gasteiger partial charge in [0.25, 0.3) is 0 Å². The molecule has 0 aliphatic rings. The molecule has 30 heavy (non-hydrogen) atoms. The predicted molar refractivity (Wildman–Crippen MR) is 127 cm³/mol. The molecule has 154 valence electrons. The molecule has 3 nitrogen and oxygen atoms in total. The summed E-state index contributed by atoms with van der Waals surface area (Å²) in [6.45, 7) is 7.27. The summed E-state index contributed by atoms with van der Waals surface area (Å²) < 4.78 is 2.13. The van der Waals surface area contributed by atoms with Gasteiger partial charge in [-0.15, -0.1) is 11.3 Å². The van der Waals surface area contributed by atoms with Crippen LogP contribution in [0.4, 0.5) is 0 Å². The second-order valence-electron chi connectivity index (χ2n) is 8.09. The molecular weight excluding hydrogens is 392 g/mol. The minimum Gasteiger partial charge on any atom is -0.382 e. The van der Waals surface area contributed by atoms with Crippen LogP contribution in [0.15, 0.2) is 77.6 Å². The molecule has 0 aliphatic carbocycles. The molecular formula is C26H26O3S. The number of rotatable bonds is 3. The van der Waals surface area contributed by atoms with Crippen molar-refractivity contribution in [3.8, 4) is 0 Å². The van der Waals surface area contributed by atoms with E-state index in [1.165, 1.54) is 19.4 Å². The summed E-state index contributed by atoms with van der Waals surface area (Å²) in [4.78, 5) is 23.9. The van der Waals surface area contributed by atoms with Gasteiger partial charge in [-0.1, -0.05) is 62.4 Å². The first kappa shape index (κ1) is 21.9. The Morgan fingerprint density at radius 1 is 0.867 bits per heavy atom. The summed E-state index contributed by atoms with van der Waals surface area (Å²) in [7, 11) is 0. The van der Waals surface area contributed by atoms with Crippen LogP contribution in [0.5, 0.6) is 0 Å². The van der Waals surface area contributed by atoms with E-state index in [1.807, 2.05) is 36.4 Å². The molecule has 1 heterocycles. The summed E-state index contributed by atoms with van der Waals surface area (Å²) in [5.41, 5.74) is 0.649.